The summed E-state index contributed by atoms with van der Waals surface area (Å²) in [6.07, 6.45) is 0.851. The lowest BCUT2D eigenvalue weighted by molar-refractivity contribution is 0.00131. The summed E-state index contributed by atoms with van der Waals surface area (Å²) in [5.74, 6) is 1.62. The third kappa shape index (κ3) is 2.60. The van der Waals surface area contributed by atoms with Crippen molar-refractivity contribution in [1.82, 2.24) is 5.48 Å². The van der Waals surface area contributed by atoms with E-state index in [0.717, 1.165) is 23.5 Å². The molecule has 0 bridgehead atoms. The Morgan fingerprint density at radius 3 is 2.89 bits per heavy atom. The minimum atomic E-state index is -0.240. The number of hydroxylamine groups is 1. The van der Waals surface area contributed by atoms with Gasteiger partial charge in [0, 0.05) is 12.0 Å². The number of hydrogen-bond acceptors (Lipinski definition) is 4. The second-order valence-electron chi connectivity index (χ2n) is 5.05. The van der Waals surface area contributed by atoms with Crippen LogP contribution in [0.5, 0.6) is 11.5 Å². The van der Waals surface area contributed by atoms with Crippen LogP contribution < -0.4 is 15.0 Å². The van der Waals surface area contributed by atoms with Gasteiger partial charge < -0.3 is 14.3 Å². The van der Waals surface area contributed by atoms with Crippen molar-refractivity contribution in [3.05, 3.63) is 23.8 Å². The van der Waals surface area contributed by atoms with Gasteiger partial charge in [0.25, 0.3) is 0 Å². The molecule has 0 aliphatic carbocycles. The van der Waals surface area contributed by atoms with Gasteiger partial charge in [0.1, 0.15) is 5.60 Å². The number of hydrogen-bond donors (Lipinski definition) is 1. The van der Waals surface area contributed by atoms with Crippen molar-refractivity contribution >= 4 is 0 Å². The maximum absolute atomic E-state index is 6.06. The second kappa shape index (κ2) is 5.16. The summed E-state index contributed by atoms with van der Waals surface area (Å²) in [5.41, 5.74) is 3.88. The van der Waals surface area contributed by atoms with Crippen LogP contribution in [-0.2, 0) is 4.84 Å². The quantitative estimate of drug-likeness (QED) is 0.835. The third-order valence-electron chi connectivity index (χ3n) is 3.02. The lowest BCUT2D eigenvalue weighted by Crippen LogP contribution is -2.39. The summed E-state index contributed by atoms with van der Waals surface area (Å²) in [6, 6.07) is 6.09. The minimum absolute atomic E-state index is 0.120. The van der Waals surface area contributed by atoms with E-state index in [4.69, 9.17) is 14.3 Å². The van der Waals surface area contributed by atoms with Gasteiger partial charge in [-0.3, -0.25) is 0 Å². The average molecular weight is 251 g/mol. The van der Waals surface area contributed by atoms with Crippen molar-refractivity contribution < 1.29 is 14.3 Å². The number of rotatable bonds is 4. The van der Waals surface area contributed by atoms with Gasteiger partial charge in [0.2, 0.25) is 0 Å². The fraction of sp³-hybridized carbons (Fsp3) is 0.571. The monoisotopic (exact) mass is 251 g/mol. The molecule has 1 N–H and O–H groups in total. The smallest absolute Gasteiger partial charge is 0.166 e. The van der Waals surface area contributed by atoms with Crippen molar-refractivity contribution in [2.75, 3.05) is 13.7 Å². The highest BCUT2D eigenvalue weighted by molar-refractivity contribution is 5.49. The molecule has 0 amide bonds. The first-order valence-electron chi connectivity index (χ1n) is 6.30. The van der Waals surface area contributed by atoms with Gasteiger partial charge in [0.05, 0.1) is 19.8 Å². The van der Waals surface area contributed by atoms with E-state index in [1.165, 1.54) is 0 Å². The Bertz CT molecular complexity index is 418. The van der Waals surface area contributed by atoms with Gasteiger partial charge in [0.15, 0.2) is 11.5 Å². The van der Waals surface area contributed by atoms with E-state index in [0.29, 0.717) is 6.61 Å². The van der Waals surface area contributed by atoms with Gasteiger partial charge in [-0.25, -0.2) is 0 Å². The summed E-state index contributed by atoms with van der Waals surface area (Å²) in [5, 5.41) is 0. The van der Waals surface area contributed by atoms with Crippen LogP contribution in [-0.4, -0.2) is 19.3 Å². The van der Waals surface area contributed by atoms with Crippen LogP contribution in [0.1, 0.15) is 38.8 Å². The van der Waals surface area contributed by atoms with Crippen molar-refractivity contribution in [3.63, 3.8) is 0 Å². The molecule has 1 aliphatic heterocycles. The van der Waals surface area contributed by atoms with Crippen LogP contribution in [0.4, 0.5) is 0 Å². The first-order chi connectivity index (χ1) is 8.57. The Balaban J connectivity index is 2.41. The molecular weight excluding hydrogens is 230 g/mol. The number of para-hydroxylation sites is 1. The summed E-state index contributed by atoms with van der Waals surface area (Å²) in [6.45, 7) is 6.74. The van der Waals surface area contributed by atoms with Gasteiger partial charge in [-0.1, -0.05) is 12.1 Å². The van der Waals surface area contributed by atoms with Gasteiger partial charge in [-0.15, -0.1) is 0 Å². The van der Waals surface area contributed by atoms with Gasteiger partial charge in [-0.2, -0.15) is 5.48 Å². The highest BCUT2D eigenvalue weighted by atomic mass is 16.6. The normalized spacial score (nSPS) is 21.0. The zero-order valence-corrected chi connectivity index (χ0v) is 11.4. The highest BCUT2D eigenvalue weighted by Gasteiger charge is 2.35. The van der Waals surface area contributed by atoms with Crippen LogP contribution in [0.2, 0.25) is 0 Å². The Morgan fingerprint density at radius 2 is 2.22 bits per heavy atom. The van der Waals surface area contributed by atoms with E-state index in [-0.39, 0.29) is 11.6 Å². The van der Waals surface area contributed by atoms with Crippen LogP contribution in [0.25, 0.3) is 0 Å². The molecule has 1 unspecified atom stereocenters. The first kappa shape index (κ1) is 13.2. The molecule has 1 aliphatic rings. The fourth-order valence-corrected chi connectivity index (χ4v) is 2.35. The number of ether oxygens (including phenoxy) is 2. The van der Waals surface area contributed by atoms with Crippen LogP contribution >= 0.6 is 0 Å². The average Bonchev–Trinajstić information content (AvgIpc) is 2.30. The summed E-state index contributed by atoms with van der Waals surface area (Å²) < 4.78 is 11.7. The third-order valence-corrected chi connectivity index (χ3v) is 3.02. The Labute approximate surface area is 108 Å². The summed E-state index contributed by atoms with van der Waals surface area (Å²) in [7, 11) is 1.63. The molecular formula is C14H21NO3. The Hall–Kier alpha value is -1.26. The van der Waals surface area contributed by atoms with E-state index >= 15 is 0 Å². The molecule has 0 fully saturated rings. The van der Waals surface area contributed by atoms with E-state index in [1.54, 1.807) is 7.11 Å². The van der Waals surface area contributed by atoms with Crippen LogP contribution in [0.3, 0.4) is 0 Å². The maximum atomic E-state index is 6.06. The molecule has 1 aromatic carbocycles. The number of benzene rings is 1. The molecule has 2 rings (SSSR count). The van der Waals surface area contributed by atoms with Crippen molar-refractivity contribution in [2.24, 2.45) is 0 Å². The predicted octanol–water partition coefficient (Wildman–Crippen LogP) is 2.84. The Kier molecular flexibility index (Phi) is 3.78. The Morgan fingerprint density at radius 1 is 1.44 bits per heavy atom. The SMILES string of the molecule is CCOc1cccc2c1OC(C)(C)CC2NOC. The lowest BCUT2D eigenvalue weighted by atomic mass is 9.90. The molecule has 18 heavy (non-hydrogen) atoms. The molecule has 1 aromatic rings. The fourth-order valence-electron chi connectivity index (χ4n) is 2.35. The van der Waals surface area contributed by atoms with Crippen molar-refractivity contribution in [1.29, 1.82) is 0 Å². The zero-order chi connectivity index (χ0) is 13.2. The highest BCUT2D eigenvalue weighted by Crippen LogP contribution is 2.44. The molecule has 4 nitrogen and oxygen atoms in total. The van der Waals surface area contributed by atoms with Crippen molar-refractivity contribution in [2.45, 2.75) is 38.8 Å². The van der Waals surface area contributed by atoms with E-state index < -0.39 is 0 Å². The zero-order valence-electron chi connectivity index (χ0n) is 11.4. The van der Waals surface area contributed by atoms with E-state index in [9.17, 15) is 0 Å². The molecule has 0 radical (unpaired) electrons. The van der Waals surface area contributed by atoms with Gasteiger partial charge in [-0.05, 0) is 26.8 Å². The first-order valence-corrected chi connectivity index (χ1v) is 6.30. The molecule has 1 atom stereocenters. The second-order valence-corrected chi connectivity index (χ2v) is 5.05. The molecule has 0 saturated heterocycles. The minimum Gasteiger partial charge on any atom is -0.490 e. The molecule has 1 heterocycles. The van der Waals surface area contributed by atoms with Crippen molar-refractivity contribution in [3.8, 4) is 11.5 Å². The molecule has 0 saturated carbocycles. The molecule has 0 spiro atoms. The van der Waals surface area contributed by atoms with Crippen LogP contribution in [0, 0.1) is 0 Å². The van der Waals surface area contributed by atoms with Gasteiger partial charge >= 0.3 is 0 Å². The topological polar surface area (TPSA) is 39.7 Å². The molecule has 0 aromatic heterocycles. The van der Waals surface area contributed by atoms with E-state index in [2.05, 4.69) is 19.3 Å². The summed E-state index contributed by atoms with van der Waals surface area (Å²) in [4.78, 5) is 5.08. The maximum Gasteiger partial charge on any atom is 0.166 e. The lowest BCUT2D eigenvalue weighted by Gasteiger charge is -2.38. The van der Waals surface area contributed by atoms with E-state index in [1.807, 2.05) is 25.1 Å². The number of fused-ring (bicyclic) bond motifs is 1. The largest absolute Gasteiger partial charge is 0.490 e. The molecule has 100 valence electrons. The predicted molar refractivity (Wildman–Crippen MR) is 69.8 cm³/mol. The standard InChI is InChI=1S/C14H21NO3/c1-5-17-12-8-6-7-10-11(15-16-4)9-14(2,3)18-13(10)12/h6-8,11,15H,5,9H2,1-4H3. The van der Waals surface area contributed by atoms with Crippen LogP contribution in [0.15, 0.2) is 18.2 Å². The molecule has 4 heteroatoms. The number of nitrogens with one attached hydrogen (secondary N) is 1. The summed E-state index contributed by atoms with van der Waals surface area (Å²) >= 11 is 0.